The molecule has 0 spiro atoms. The van der Waals surface area contributed by atoms with Crippen LogP contribution in [0.25, 0.3) is 0 Å². The number of hydrogen-bond acceptors (Lipinski definition) is 3. The van der Waals surface area contributed by atoms with Gasteiger partial charge in [0.15, 0.2) is 0 Å². The summed E-state index contributed by atoms with van der Waals surface area (Å²) in [5, 5.41) is 2.55. The fraction of sp³-hybridized carbons (Fsp3) is 0.273. The van der Waals surface area contributed by atoms with Gasteiger partial charge in [-0.3, -0.25) is 4.79 Å². The van der Waals surface area contributed by atoms with E-state index in [0.29, 0.717) is 11.4 Å². The number of benzene rings is 1. The molecule has 1 aromatic carbocycles. The van der Waals surface area contributed by atoms with Crippen LogP contribution in [0, 0.1) is 6.23 Å². The molecule has 0 bridgehead atoms. The molecule has 4 nitrogen and oxygen atoms in total. The van der Waals surface area contributed by atoms with Gasteiger partial charge in [0.25, 0.3) is 12.1 Å². The van der Waals surface area contributed by atoms with Gasteiger partial charge in [-0.15, -0.1) is 0 Å². The first-order valence-electron chi connectivity index (χ1n) is 5.09. The maximum absolute atomic E-state index is 12.0. The molecule has 2 rings (SSSR count). The first-order valence-corrected chi connectivity index (χ1v) is 5.09. The predicted octanol–water partition coefficient (Wildman–Crippen LogP) is 2.14. The molecule has 0 unspecified atom stereocenters. The third kappa shape index (κ3) is 2.56. The predicted molar refractivity (Wildman–Crippen MR) is 58.7 cm³/mol. The van der Waals surface area contributed by atoms with Crippen molar-refractivity contribution in [2.75, 3.05) is 23.9 Å². The molecule has 1 aliphatic heterocycles. The van der Waals surface area contributed by atoms with Gasteiger partial charge in [0.1, 0.15) is 6.61 Å². The number of ether oxygens (including phenoxy) is 1. The number of para-hydroxylation sites is 2. The normalized spacial score (nSPS) is 16.4. The van der Waals surface area contributed by atoms with Gasteiger partial charge in [0, 0.05) is 7.05 Å². The van der Waals surface area contributed by atoms with E-state index in [1.165, 1.54) is 11.9 Å². The molecule has 0 aromatic heterocycles. The lowest BCUT2D eigenvalue weighted by Crippen LogP contribution is -2.42. The highest BCUT2D eigenvalue weighted by Gasteiger charge is 2.36. The highest BCUT2D eigenvalue weighted by molar-refractivity contribution is 6.08. The molecule has 0 fully saturated rings. The summed E-state index contributed by atoms with van der Waals surface area (Å²) in [5.74, 6) is -0.641. The SMILES string of the molecule is CN1C(=O)[C](OCC(F)(F)F)Nc2ccccc21. The van der Waals surface area contributed by atoms with Crippen LogP contribution in [0.15, 0.2) is 24.3 Å². The molecule has 1 heterocycles. The Morgan fingerprint density at radius 3 is 2.67 bits per heavy atom. The zero-order valence-corrected chi connectivity index (χ0v) is 9.41. The number of anilines is 2. The van der Waals surface area contributed by atoms with E-state index in [-0.39, 0.29) is 0 Å². The third-order valence-corrected chi connectivity index (χ3v) is 2.39. The van der Waals surface area contributed by atoms with Crippen molar-refractivity contribution in [3.63, 3.8) is 0 Å². The summed E-state index contributed by atoms with van der Waals surface area (Å²) in [4.78, 5) is 13.0. The smallest absolute Gasteiger partial charge is 0.343 e. The number of amides is 1. The van der Waals surface area contributed by atoms with E-state index in [1.807, 2.05) is 0 Å². The summed E-state index contributed by atoms with van der Waals surface area (Å²) < 4.78 is 40.6. The standard InChI is InChI=1S/C11H10F3N2O2/c1-16-8-5-3-2-4-7(8)15-9(10(16)17)18-6-11(12,13)14/h2-5,15H,6H2,1H3. The van der Waals surface area contributed by atoms with Crippen molar-refractivity contribution in [3.05, 3.63) is 30.5 Å². The molecule has 1 N–H and O–H groups in total. The number of likely N-dealkylation sites (N-methyl/N-ethyl adjacent to an activating group) is 1. The average Bonchev–Trinajstić information content (AvgIpc) is 2.31. The van der Waals surface area contributed by atoms with Crippen molar-refractivity contribution in [3.8, 4) is 0 Å². The highest BCUT2D eigenvalue weighted by atomic mass is 19.4. The summed E-state index contributed by atoms with van der Waals surface area (Å²) in [5.41, 5.74) is 1.11. The summed E-state index contributed by atoms with van der Waals surface area (Å²) in [6.45, 7) is -1.50. The first kappa shape index (κ1) is 12.7. The van der Waals surface area contributed by atoms with E-state index < -0.39 is 24.9 Å². The minimum atomic E-state index is -4.48. The van der Waals surface area contributed by atoms with Crippen molar-refractivity contribution < 1.29 is 22.7 Å². The quantitative estimate of drug-likeness (QED) is 0.884. The molecule has 0 aliphatic carbocycles. The molecule has 18 heavy (non-hydrogen) atoms. The second kappa shape index (κ2) is 4.49. The number of hydrogen-bond donors (Lipinski definition) is 1. The molecular formula is C11H10F3N2O2. The van der Waals surface area contributed by atoms with Crippen LogP contribution in [0.1, 0.15) is 0 Å². The Labute approximate surface area is 101 Å². The van der Waals surface area contributed by atoms with Gasteiger partial charge < -0.3 is 15.0 Å². The number of carbonyl (C=O) groups is 1. The first-order chi connectivity index (χ1) is 8.38. The van der Waals surface area contributed by atoms with Crippen LogP contribution >= 0.6 is 0 Å². The van der Waals surface area contributed by atoms with E-state index >= 15 is 0 Å². The van der Waals surface area contributed by atoms with E-state index in [9.17, 15) is 18.0 Å². The zero-order valence-electron chi connectivity index (χ0n) is 9.41. The Balaban J connectivity index is 2.14. The van der Waals surface area contributed by atoms with Crippen LogP contribution in [0.5, 0.6) is 0 Å². The van der Waals surface area contributed by atoms with E-state index in [1.54, 1.807) is 24.3 Å². The Morgan fingerprint density at radius 2 is 2.00 bits per heavy atom. The van der Waals surface area contributed by atoms with Crippen LogP contribution in [-0.2, 0) is 9.53 Å². The number of nitrogens with one attached hydrogen (secondary N) is 1. The van der Waals surface area contributed by atoms with Crippen LogP contribution in [0.2, 0.25) is 0 Å². The summed E-state index contributed by atoms with van der Waals surface area (Å²) in [6.07, 6.45) is -4.90. The average molecular weight is 259 g/mol. The Kier molecular flexibility index (Phi) is 3.16. The monoisotopic (exact) mass is 259 g/mol. The Hall–Kier alpha value is -1.76. The van der Waals surface area contributed by atoms with E-state index in [4.69, 9.17) is 0 Å². The van der Waals surface area contributed by atoms with Gasteiger partial charge >= 0.3 is 6.18 Å². The maximum atomic E-state index is 12.0. The van der Waals surface area contributed by atoms with Crippen LogP contribution in [-0.4, -0.2) is 25.7 Å². The van der Waals surface area contributed by atoms with Crippen molar-refractivity contribution >= 4 is 17.3 Å². The number of carbonyl (C=O) groups excluding carboxylic acids is 1. The molecule has 1 radical (unpaired) electrons. The minimum absolute atomic E-state index is 0.423. The van der Waals surface area contributed by atoms with Gasteiger partial charge in [-0.2, -0.15) is 13.2 Å². The van der Waals surface area contributed by atoms with E-state index in [0.717, 1.165) is 0 Å². The second-order valence-electron chi connectivity index (χ2n) is 3.74. The van der Waals surface area contributed by atoms with Crippen LogP contribution < -0.4 is 10.2 Å². The lowest BCUT2D eigenvalue weighted by atomic mass is 10.2. The van der Waals surface area contributed by atoms with Gasteiger partial charge in [0.05, 0.1) is 11.4 Å². The molecule has 1 aromatic rings. The van der Waals surface area contributed by atoms with Crippen molar-refractivity contribution in [2.45, 2.75) is 6.18 Å². The Bertz CT molecular complexity index is 462. The molecule has 0 saturated heterocycles. The molecule has 0 atom stereocenters. The van der Waals surface area contributed by atoms with Crippen LogP contribution in [0.3, 0.4) is 0 Å². The topological polar surface area (TPSA) is 41.6 Å². The number of alkyl halides is 3. The molecule has 97 valence electrons. The summed E-state index contributed by atoms with van der Waals surface area (Å²) in [7, 11) is 1.47. The molecule has 0 saturated carbocycles. The molecular weight excluding hydrogens is 249 g/mol. The number of fused-ring (bicyclic) bond motifs is 1. The van der Waals surface area contributed by atoms with Gasteiger partial charge in [-0.1, -0.05) is 12.1 Å². The number of nitrogens with zero attached hydrogens (tertiary/aromatic N) is 1. The van der Waals surface area contributed by atoms with Gasteiger partial charge in [0.2, 0.25) is 0 Å². The molecule has 7 heteroatoms. The lowest BCUT2D eigenvalue weighted by molar-refractivity contribution is -0.172. The van der Waals surface area contributed by atoms with Gasteiger partial charge in [-0.05, 0) is 12.1 Å². The molecule has 1 amide bonds. The minimum Gasteiger partial charge on any atom is -0.343 e. The fourth-order valence-electron chi connectivity index (χ4n) is 1.56. The van der Waals surface area contributed by atoms with Crippen molar-refractivity contribution in [1.29, 1.82) is 0 Å². The van der Waals surface area contributed by atoms with Crippen molar-refractivity contribution in [1.82, 2.24) is 0 Å². The second-order valence-corrected chi connectivity index (χ2v) is 3.74. The van der Waals surface area contributed by atoms with Gasteiger partial charge in [-0.25, -0.2) is 0 Å². The maximum Gasteiger partial charge on any atom is 0.411 e. The Morgan fingerprint density at radius 1 is 1.33 bits per heavy atom. The highest BCUT2D eigenvalue weighted by Crippen LogP contribution is 2.33. The van der Waals surface area contributed by atoms with Crippen molar-refractivity contribution in [2.24, 2.45) is 0 Å². The third-order valence-electron chi connectivity index (χ3n) is 2.39. The molecule has 1 aliphatic rings. The largest absolute Gasteiger partial charge is 0.411 e. The van der Waals surface area contributed by atoms with E-state index in [2.05, 4.69) is 10.1 Å². The zero-order chi connectivity index (χ0) is 13.3. The number of halogens is 3. The number of rotatable bonds is 2. The summed E-state index contributed by atoms with van der Waals surface area (Å²) >= 11 is 0. The lowest BCUT2D eigenvalue weighted by Gasteiger charge is -2.31. The summed E-state index contributed by atoms with van der Waals surface area (Å²) in [6, 6.07) is 6.76. The fourth-order valence-corrected chi connectivity index (χ4v) is 1.56. The van der Waals surface area contributed by atoms with Crippen LogP contribution in [0.4, 0.5) is 24.5 Å².